The van der Waals surface area contributed by atoms with E-state index in [2.05, 4.69) is 0 Å². The van der Waals surface area contributed by atoms with Crippen LogP contribution in [-0.4, -0.2) is 24.9 Å². The molecule has 0 aliphatic carbocycles. The third kappa shape index (κ3) is 2.87. The van der Waals surface area contributed by atoms with E-state index in [1.54, 1.807) is 12.1 Å². The summed E-state index contributed by atoms with van der Waals surface area (Å²) in [6, 6.07) is 11.0. The van der Waals surface area contributed by atoms with Crippen LogP contribution in [0.3, 0.4) is 0 Å². The van der Waals surface area contributed by atoms with Gasteiger partial charge in [0.05, 0.1) is 5.69 Å². The molecule has 3 N–H and O–H groups in total. The van der Waals surface area contributed by atoms with Crippen molar-refractivity contribution in [3.63, 3.8) is 0 Å². The van der Waals surface area contributed by atoms with Gasteiger partial charge in [0.2, 0.25) is 0 Å². The zero-order valence-electron chi connectivity index (χ0n) is 11.5. The summed E-state index contributed by atoms with van der Waals surface area (Å²) >= 11 is 0. The average Bonchev–Trinajstić information content (AvgIpc) is 2.50. The minimum atomic E-state index is 0.0665. The van der Waals surface area contributed by atoms with Crippen molar-refractivity contribution in [2.24, 2.45) is 0 Å². The van der Waals surface area contributed by atoms with Gasteiger partial charge in [0.1, 0.15) is 19.0 Å². The van der Waals surface area contributed by atoms with Crippen LogP contribution in [0, 0.1) is 0 Å². The molecule has 0 fully saturated rings. The van der Waals surface area contributed by atoms with Gasteiger partial charge < -0.3 is 25.1 Å². The summed E-state index contributed by atoms with van der Waals surface area (Å²) in [4.78, 5) is 0. The van der Waals surface area contributed by atoms with Gasteiger partial charge in [0.25, 0.3) is 0 Å². The lowest BCUT2D eigenvalue weighted by Gasteiger charge is -2.20. The minimum absolute atomic E-state index is 0.0665. The van der Waals surface area contributed by atoms with Crippen LogP contribution < -0.4 is 19.9 Å². The van der Waals surface area contributed by atoms with Crippen LogP contribution in [0.1, 0.15) is 5.56 Å². The molecule has 3 rings (SSSR count). The number of nitrogen functional groups attached to an aromatic ring is 1. The zero-order chi connectivity index (χ0) is 14.7. The lowest BCUT2D eigenvalue weighted by molar-refractivity contribution is 0.171. The first-order valence-corrected chi connectivity index (χ1v) is 6.83. The normalized spacial score (nSPS) is 13.0. The smallest absolute Gasteiger partial charge is 0.165 e. The molecule has 1 heterocycles. The van der Waals surface area contributed by atoms with E-state index in [0.29, 0.717) is 48.3 Å². The zero-order valence-corrected chi connectivity index (χ0v) is 11.5. The van der Waals surface area contributed by atoms with Gasteiger partial charge in [0.15, 0.2) is 17.2 Å². The van der Waals surface area contributed by atoms with E-state index in [1.807, 2.05) is 24.3 Å². The van der Waals surface area contributed by atoms with Crippen LogP contribution >= 0.6 is 0 Å². The molecule has 5 heteroatoms. The Balaban J connectivity index is 1.91. The van der Waals surface area contributed by atoms with E-state index < -0.39 is 0 Å². The van der Waals surface area contributed by atoms with Crippen LogP contribution in [0.4, 0.5) is 5.69 Å². The topological polar surface area (TPSA) is 73.9 Å². The van der Waals surface area contributed by atoms with E-state index in [1.165, 1.54) is 0 Å². The van der Waals surface area contributed by atoms with Crippen LogP contribution in [0.15, 0.2) is 36.4 Å². The number of rotatable bonds is 4. The number of benzene rings is 2. The van der Waals surface area contributed by atoms with Crippen molar-refractivity contribution >= 4 is 5.69 Å². The molecule has 5 nitrogen and oxygen atoms in total. The number of hydrogen-bond donors (Lipinski definition) is 2. The second-order valence-electron chi connectivity index (χ2n) is 4.72. The Bertz CT molecular complexity index is 642. The van der Waals surface area contributed by atoms with Gasteiger partial charge in [-0.05, 0) is 18.1 Å². The summed E-state index contributed by atoms with van der Waals surface area (Å²) < 4.78 is 16.9. The molecule has 0 radical (unpaired) electrons. The van der Waals surface area contributed by atoms with Gasteiger partial charge in [-0.25, -0.2) is 0 Å². The van der Waals surface area contributed by atoms with Gasteiger partial charge in [-0.15, -0.1) is 0 Å². The fourth-order valence-corrected chi connectivity index (χ4v) is 2.22. The SMILES string of the molecule is Nc1cc2c(cc1Oc1ccccc1CCO)OCCO2. The van der Waals surface area contributed by atoms with Crippen molar-refractivity contribution < 1.29 is 19.3 Å². The van der Waals surface area contributed by atoms with Gasteiger partial charge in [-0.1, -0.05) is 18.2 Å². The van der Waals surface area contributed by atoms with Crippen molar-refractivity contribution in [2.75, 3.05) is 25.6 Å². The summed E-state index contributed by atoms with van der Waals surface area (Å²) in [6.07, 6.45) is 0.528. The standard InChI is InChI=1S/C16H17NO4/c17-12-9-15-16(20-8-7-19-15)10-14(12)21-13-4-2-1-3-11(13)5-6-18/h1-4,9-10,18H,5-8,17H2. The van der Waals surface area contributed by atoms with Gasteiger partial charge in [-0.3, -0.25) is 0 Å². The maximum atomic E-state index is 9.11. The molecule has 21 heavy (non-hydrogen) atoms. The highest BCUT2D eigenvalue weighted by Crippen LogP contribution is 2.40. The third-order valence-electron chi connectivity index (χ3n) is 3.25. The Morgan fingerprint density at radius 2 is 1.76 bits per heavy atom. The molecule has 0 saturated carbocycles. The molecule has 0 saturated heterocycles. The molecule has 0 bridgehead atoms. The Morgan fingerprint density at radius 1 is 1.05 bits per heavy atom. The van der Waals surface area contributed by atoms with E-state index in [4.69, 9.17) is 25.1 Å². The number of aliphatic hydroxyl groups excluding tert-OH is 1. The molecule has 0 amide bonds. The molecular formula is C16H17NO4. The number of para-hydroxylation sites is 1. The van der Waals surface area contributed by atoms with E-state index in [-0.39, 0.29) is 6.61 Å². The van der Waals surface area contributed by atoms with Gasteiger partial charge >= 0.3 is 0 Å². The molecule has 0 spiro atoms. The summed E-state index contributed by atoms with van der Waals surface area (Å²) in [5.74, 6) is 2.46. The lowest BCUT2D eigenvalue weighted by Crippen LogP contribution is -2.15. The number of anilines is 1. The highest BCUT2D eigenvalue weighted by atomic mass is 16.6. The average molecular weight is 287 g/mol. The van der Waals surface area contributed by atoms with Crippen LogP contribution in [0.2, 0.25) is 0 Å². The lowest BCUT2D eigenvalue weighted by atomic mass is 10.1. The first-order chi connectivity index (χ1) is 10.3. The predicted octanol–water partition coefficient (Wildman–Crippen LogP) is 2.37. The molecule has 2 aromatic rings. The largest absolute Gasteiger partial charge is 0.486 e. The van der Waals surface area contributed by atoms with Crippen molar-refractivity contribution in [1.29, 1.82) is 0 Å². The summed E-state index contributed by atoms with van der Waals surface area (Å²) in [6.45, 7) is 1.10. The fraction of sp³-hybridized carbons (Fsp3) is 0.250. The van der Waals surface area contributed by atoms with Crippen LogP contribution in [0.25, 0.3) is 0 Å². The second-order valence-corrected chi connectivity index (χ2v) is 4.72. The monoisotopic (exact) mass is 287 g/mol. The van der Waals surface area contributed by atoms with Crippen molar-refractivity contribution in [1.82, 2.24) is 0 Å². The van der Waals surface area contributed by atoms with E-state index in [0.717, 1.165) is 5.56 Å². The summed E-state index contributed by atoms with van der Waals surface area (Å²) in [7, 11) is 0. The first kappa shape index (κ1) is 13.6. The molecule has 0 aromatic heterocycles. The molecule has 0 unspecified atom stereocenters. The van der Waals surface area contributed by atoms with Crippen molar-refractivity contribution in [3.8, 4) is 23.0 Å². The molecular weight excluding hydrogens is 270 g/mol. The maximum absolute atomic E-state index is 9.11. The van der Waals surface area contributed by atoms with E-state index >= 15 is 0 Å². The Morgan fingerprint density at radius 3 is 2.52 bits per heavy atom. The Kier molecular flexibility index (Phi) is 3.83. The van der Waals surface area contributed by atoms with Crippen molar-refractivity contribution in [2.45, 2.75) is 6.42 Å². The Labute approximate surface area is 122 Å². The number of nitrogens with two attached hydrogens (primary N) is 1. The number of ether oxygens (including phenoxy) is 3. The molecule has 0 atom stereocenters. The van der Waals surface area contributed by atoms with Gasteiger partial charge in [-0.2, -0.15) is 0 Å². The van der Waals surface area contributed by atoms with Crippen LogP contribution in [-0.2, 0) is 6.42 Å². The van der Waals surface area contributed by atoms with Crippen LogP contribution in [0.5, 0.6) is 23.0 Å². The van der Waals surface area contributed by atoms with Gasteiger partial charge in [0, 0.05) is 18.7 Å². The molecule has 2 aromatic carbocycles. The molecule has 110 valence electrons. The maximum Gasteiger partial charge on any atom is 0.165 e. The number of aliphatic hydroxyl groups is 1. The molecule has 1 aliphatic rings. The molecule has 1 aliphatic heterocycles. The predicted molar refractivity (Wildman–Crippen MR) is 79.2 cm³/mol. The number of hydrogen-bond acceptors (Lipinski definition) is 5. The Hall–Kier alpha value is -2.40. The highest BCUT2D eigenvalue weighted by Gasteiger charge is 2.16. The van der Waals surface area contributed by atoms with E-state index in [9.17, 15) is 0 Å². The first-order valence-electron chi connectivity index (χ1n) is 6.83. The van der Waals surface area contributed by atoms with Crippen molar-refractivity contribution in [3.05, 3.63) is 42.0 Å². The third-order valence-corrected chi connectivity index (χ3v) is 3.25. The second kappa shape index (κ2) is 5.93. The number of fused-ring (bicyclic) bond motifs is 1. The fourth-order valence-electron chi connectivity index (χ4n) is 2.22. The highest BCUT2D eigenvalue weighted by molar-refractivity contribution is 5.63. The quantitative estimate of drug-likeness (QED) is 0.844. The summed E-state index contributed by atoms with van der Waals surface area (Å²) in [5, 5.41) is 9.11. The summed E-state index contributed by atoms with van der Waals surface area (Å²) in [5.41, 5.74) is 7.42. The minimum Gasteiger partial charge on any atom is -0.486 e.